The van der Waals surface area contributed by atoms with Crippen molar-refractivity contribution < 1.29 is 9.59 Å². The maximum absolute atomic E-state index is 12.9. The molecule has 2 aliphatic heterocycles. The van der Waals surface area contributed by atoms with Crippen LogP contribution in [0.3, 0.4) is 0 Å². The van der Waals surface area contributed by atoms with E-state index in [2.05, 4.69) is 5.38 Å². The zero-order valence-electron chi connectivity index (χ0n) is 15.0. The molecule has 0 radical (unpaired) electrons. The molecule has 0 spiro atoms. The van der Waals surface area contributed by atoms with Crippen LogP contribution in [0.5, 0.6) is 0 Å². The molecule has 0 N–H and O–H groups in total. The minimum absolute atomic E-state index is 0.226. The van der Waals surface area contributed by atoms with Gasteiger partial charge < -0.3 is 9.80 Å². The molecule has 5 heteroatoms. The van der Waals surface area contributed by atoms with Crippen LogP contribution in [0.25, 0.3) is 0 Å². The predicted molar refractivity (Wildman–Crippen MR) is 100 cm³/mol. The Morgan fingerprint density at radius 3 is 2.44 bits per heavy atom. The summed E-state index contributed by atoms with van der Waals surface area (Å²) in [6.45, 7) is 3.50. The number of fused-ring (bicyclic) bond motifs is 1. The van der Waals surface area contributed by atoms with E-state index in [1.807, 2.05) is 9.80 Å². The van der Waals surface area contributed by atoms with Crippen LogP contribution in [-0.2, 0) is 17.6 Å². The number of amides is 2. The molecule has 1 aromatic rings. The van der Waals surface area contributed by atoms with Gasteiger partial charge in [0.05, 0.1) is 5.56 Å². The van der Waals surface area contributed by atoms with Gasteiger partial charge in [0.1, 0.15) is 0 Å². The summed E-state index contributed by atoms with van der Waals surface area (Å²) in [4.78, 5) is 30.7. The van der Waals surface area contributed by atoms with Crippen molar-refractivity contribution in [1.82, 2.24) is 9.80 Å². The second-order valence-electron chi connectivity index (χ2n) is 7.79. The number of thiophene rings is 1. The first kappa shape index (κ1) is 17.1. The number of nitrogens with zero attached hydrogens (tertiary/aromatic N) is 2. The number of hydrogen-bond donors (Lipinski definition) is 0. The van der Waals surface area contributed by atoms with Gasteiger partial charge in [-0.05, 0) is 62.8 Å². The topological polar surface area (TPSA) is 40.6 Å². The summed E-state index contributed by atoms with van der Waals surface area (Å²) >= 11 is 1.77. The van der Waals surface area contributed by atoms with Gasteiger partial charge in [0.25, 0.3) is 5.91 Å². The van der Waals surface area contributed by atoms with Crippen LogP contribution in [0.15, 0.2) is 5.38 Å². The van der Waals surface area contributed by atoms with Crippen LogP contribution in [0, 0.1) is 5.92 Å². The fourth-order valence-corrected chi connectivity index (χ4v) is 5.65. The van der Waals surface area contributed by atoms with Crippen molar-refractivity contribution in [3.8, 4) is 0 Å². The molecule has 3 heterocycles. The summed E-state index contributed by atoms with van der Waals surface area (Å²) in [6.07, 6.45) is 9.62. The molecule has 2 fully saturated rings. The highest BCUT2D eigenvalue weighted by Crippen LogP contribution is 2.32. The third-order valence-electron chi connectivity index (χ3n) is 6.12. The van der Waals surface area contributed by atoms with E-state index in [1.165, 1.54) is 23.3 Å². The summed E-state index contributed by atoms with van der Waals surface area (Å²) in [5.74, 6) is 1.01. The molecule has 136 valence electrons. The van der Waals surface area contributed by atoms with Gasteiger partial charge in [0, 0.05) is 42.9 Å². The fourth-order valence-electron chi connectivity index (χ4n) is 4.53. The van der Waals surface area contributed by atoms with Crippen LogP contribution in [0.2, 0.25) is 0 Å². The highest BCUT2D eigenvalue weighted by atomic mass is 32.1. The van der Waals surface area contributed by atoms with Gasteiger partial charge in [-0.3, -0.25) is 9.59 Å². The quantitative estimate of drug-likeness (QED) is 0.828. The summed E-state index contributed by atoms with van der Waals surface area (Å²) in [5.41, 5.74) is 2.29. The van der Waals surface area contributed by atoms with E-state index in [1.54, 1.807) is 11.3 Å². The molecule has 4 rings (SSSR count). The van der Waals surface area contributed by atoms with E-state index in [0.717, 1.165) is 70.3 Å². The first-order valence-corrected chi connectivity index (χ1v) is 10.8. The van der Waals surface area contributed by atoms with E-state index >= 15 is 0 Å². The molecule has 3 aliphatic rings. The maximum Gasteiger partial charge on any atom is 0.254 e. The predicted octanol–water partition coefficient (Wildman–Crippen LogP) is 3.49. The molecule has 4 nitrogen and oxygen atoms in total. The van der Waals surface area contributed by atoms with E-state index in [0.29, 0.717) is 18.2 Å². The first-order valence-electron chi connectivity index (χ1n) is 9.88. The highest BCUT2D eigenvalue weighted by Gasteiger charge is 2.29. The van der Waals surface area contributed by atoms with E-state index in [9.17, 15) is 9.59 Å². The van der Waals surface area contributed by atoms with Crippen molar-refractivity contribution in [1.29, 1.82) is 0 Å². The second kappa shape index (κ2) is 7.48. The molecular formula is C20H28N2O2S. The second-order valence-corrected chi connectivity index (χ2v) is 8.75. The number of hydrogen-bond acceptors (Lipinski definition) is 3. The van der Waals surface area contributed by atoms with Crippen molar-refractivity contribution in [3.63, 3.8) is 0 Å². The minimum atomic E-state index is 0.226. The molecule has 0 aromatic carbocycles. The minimum Gasteiger partial charge on any atom is -0.343 e. The van der Waals surface area contributed by atoms with Gasteiger partial charge in [-0.2, -0.15) is 0 Å². The molecule has 1 aromatic heterocycles. The van der Waals surface area contributed by atoms with Gasteiger partial charge in [-0.15, -0.1) is 11.3 Å². The summed E-state index contributed by atoms with van der Waals surface area (Å²) in [5, 5.41) is 2.08. The number of carbonyl (C=O) groups excluding carboxylic acids is 2. The van der Waals surface area contributed by atoms with Crippen LogP contribution in [0.4, 0.5) is 0 Å². The normalized spacial score (nSPS) is 21.4. The van der Waals surface area contributed by atoms with Gasteiger partial charge >= 0.3 is 0 Å². The van der Waals surface area contributed by atoms with E-state index in [4.69, 9.17) is 0 Å². The van der Waals surface area contributed by atoms with Crippen LogP contribution < -0.4 is 0 Å². The lowest BCUT2D eigenvalue weighted by molar-refractivity contribution is -0.131. The lowest BCUT2D eigenvalue weighted by Gasteiger charge is -2.32. The molecule has 25 heavy (non-hydrogen) atoms. The number of likely N-dealkylation sites (tertiary alicyclic amines) is 2. The van der Waals surface area contributed by atoms with Crippen molar-refractivity contribution >= 4 is 23.2 Å². The van der Waals surface area contributed by atoms with Crippen LogP contribution >= 0.6 is 11.3 Å². The summed E-state index contributed by atoms with van der Waals surface area (Å²) in [7, 11) is 0. The van der Waals surface area contributed by atoms with Gasteiger partial charge in [0.2, 0.25) is 5.91 Å². The number of piperidine rings is 1. The average molecular weight is 361 g/mol. The summed E-state index contributed by atoms with van der Waals surface area (Å²) in [6, 6.07) is 0. The van der Waals surface area contributed by atoms with E-state index in [-0.39, 0.29) is 5.91 Å². The Hall–Kier alpha value is -1.36. The van der Waals surface area contributed by atoms with Crippen molar-refractivity contribution in [3.05, 3.63) is 21.4 Å². The smallest absolute Gasteiger partial charge is 0.254 e. The van der Waals surface area contributed by atoms with Crippen LogP contribution in [-0.4, -0.2) is 47.8 Å². The molecule has 2 amide bonds. The Bertz CT molecular complexity index is 640. The lowest BCUT2D eigenvalue weighted by atomic mass is 9.91. The van der Waals surface area contributed by atoms with Gasteiger partial charge in [-0.1, -0.05) is 0 Å². The van der Waals surface area contributed by atoms with Gasteiger partial charge in [-0.25, -0.2) is 0 Å². The number of rotatable bonds is 3. The standard InChI is InChI=1S/C20H28N2O2S/c23-19(21-9-3-4-10-21)13-15-7-11-22(12-8-15)20(24)17-14-25-18-6-2-1-5-16(17)18/h14-15H,1-13H2. The van der Waals surface area contributed by atoms with Crippen molar-refractivity contribution in [2.24, 2.45) is 5.92 Å². The monoisotopic (exact) mass is 360 g/mol. The largest absolute Gasteiger partial charge is 0.343 e. The molecule has 0 saturated carbocycles. The fraction of sp³-hybridized carbons (Fsp3) is 0.700. The highest BCUT2D eigenvalue weighted by molar-refractivity contribution is 7.10. The Labute approximate surface area is 154 Å². The maximum atomic E-state index is 12.9. The lowest BCUT2D eigenvalue weighted by Crippen LogP contribution is -2.40. The number of aryl methyl sites for hydroxylation is 1. The Morgan fingerprint density at radius 2 is 1.68 bits per heavy atom. The Morgan fingerprint density at radius 1 is 0.960 bits per heavy atom. The molecule has 0 atom stereocenters. The van der Waals surface area contributed by atoms with Crippen LogP contribution in [0.1, 0.15) is 65.7 Å². The zero-order chi connectivity index (χ0) is 17.2. The number of carbonyl (C=O) groups is 2. The zero-order valence-corrected chi connectivity index (χ0v) is 15.8. The Kier molecular flexibility index (Phi) is 5.11. The Balaban J connectivity index is 1.31. The van der Waals surface area contributed by atoms with Crippen molar-refractivity contribution in [2.75, 3.05) is 26.2 Å². The molecule has 0 unspecified atom stereocenters. The molecular weight excluding hydrogens is 332 g/mol. The third kappa shape index (κ3) is 3.62. The average Bonchev–Trinajstić information content (AvgIpc) is 3.32. The molecule has 2 saturated heterocycles. The van der Waals surface area contributed by atoms with E-state index < -0.39 is 0 Å². The first-order chi connectivity index (χ1) is 12.2. The third-order valence-corrected chi connectivity index (χ3v) is 7.20. The molecule has 1 aliphatic carbocycles. The molecule has 0 bridgehead atoms. The van der Waals surface area contributed by atoms with Gasteiger partial charge in [0.15, 0.2) is 0 Å². The summed E-state index contributed by atoms with van der Waals surface area (Å²) < 4.78 is 0. The SMILES string of the molecule is O=C(CC1CCN(C(=O)c2csc3c2CCCC3)CC1)N1CCCC1. The van der Waals surface area contributed by atoms with Crippen molar-refractivity contribution in [2.45, 2.75) is 57.8 Å².